The van der Waals surface area contributed by atoms with Crippen LogP contribution in [0.5, 0.6) is 0 Å². The minimum atomic E-state index is 0.250. The van der Waals surface area contributed by atoms with E-state index in [4.69, 9.17) is 27.9 Å². The fourth-order valence-electron chi connectivity index (χ4n) is 1.87. The van der Waals surface area contributed by atoms with E-state index in [0.717, 1.165) is 32.5 Å². The van der Waals surface area contributed by atoms with Gasteiger partial charge in [0.05, 0.1) is 16.7 Å². The number of aryl methyl sites for hydroxylation is 1. The molecule has 2 nitrogen and oxygen atoms in total. The first-order valence-corrected chi connectivity index (χ1v) is 7.34. The molecule has 19 heavy (non-hydrogen) atoms. The number of benzene rings is 1. The third kappa shape index (κ3) is 6.62. The zero-order chi connectivity index (χ0) is 14.3. The van der Waals surface area contributed by atoms with E-state index in [1.807, 2.05) is 18.2 Å². The van der Waals surface area contributed by atoms with Gasteiger partial charge in [-0.1, -0.05) is 43.1 Å². The Morgan fingerprint density at radius 3 is 2.58 bits per heavy atom. The number of hydrogen-bond donors (Lipinski definition) is 1. The van der Waals surface area contributed by atoms with Crippen molar-refractivity contribution in [3.05, 3.63) is 33.8 Å². The molecule has 108 valence electrons. The van der Waals surface area contributed by atoms with Gasteiger partial charge < -0.3 is 10.1 Å². The second kappa shape index (κ2) is 8.11. The number of ether oxygens (including phenoxy) is 1. The van der Waals surface area contributed by atoms with Crippen molar-refractivity contribution in [2.24, 2.45) is 5.41 Å². The van der Waals surface area contributed by atoms with Crippen molar-refractivity contribution in [1.29, 1.82) is 0 Å². The summed E-state index contributed by atoms with van der Waals surface area (Å²) in [5, 5.41) is 4.66. The highest BCUT2D eigenvalue weighted by Gasteiger charge is 2.17. The molecule has 0 atom stereocenters. The Morgan fingerprint density at radius 2 is 1.95 bits per heavy atom. The van der Waals surface area contributed by atoms with Crippen molar-refractivity contribution in [3.63, 3.8) is 0 Å². The molecule has 0 saturated heterocycles. The van der Waals surface area contributed by atoms with Gasteiger partial charge in [0.2, 0.25) is 0 Å². The predicted octanol–water partition coefficient (Wildman–Crippen LogP) is 4.19. The average molecular weight is 304 g/mol. The lowest BCUT2D eigenvalue weighted by atomic mass is 9.86. The summed E-state index contributed by atoms with van der Waals surface area (Å²) in [5.41, 5.74) is 1.49. The maximum Gasteiger partial charge on any atom is 0.0595 e. The van der Waals surface area contributed by atoms with Gasteiger partial charge in [-0.25, -0.2) is 0 Å². The normalized spacial score (nSPS) is 11.8. The number of rotatable bonds is 8. The van der Waals surface area contributed by atoms with Crippen LogP contribution in [0.4, 0.5) is 0 Å². The molecule has 0 aliphatic carbocycles. The van der Waals surface area contributed by atoms with Crippen LogP contribution in [-0.2, 0) is 11.2 Å². The van der Waals surface area contributed by atoms with Crippen molar-refractivity contribution in [2.75, 3.05) is 26.8 Å². The fourth-order valence-corrected chi connectivity index (χ4v) is 2.19. The molecule has 1 aromatic carbocycles. The van der Waals surface area contributed by atoms with E-state index in [9.17, 15) is 0 Å². The first kappa shape index (κ1) is 16.8. The molecule has 1 aromatic rings. The van der Waals surface area contributed by atoms with Crippen LogP contribution in [0.2, 0.25) is 10.0 Å². The molecule has 0 aliphatic rings. The zero-order valence-corrected chi connectivity index (χ0v) is 13.4. The van der Waals surface area contributed by atoms with Gasteiger partial charge in [0.25, 0.3) is 0 Å². The molecular formula is C15H23Cl2NO. The van der Waals surface area contributed by atoms with Crippen LogP contribution in [-0.4, -0.2) is 26.8 Å². The standard InChI is InChI=1S/C15H23Cl2NO/c1-15(2,11-18-8-9-19-3)7-6-12-4-5-13(16)14(17)10-12/h4-5,10,18H,6-9,11H2,1-3H3. The minimum absolute atomic E-state index is 0.250. The maximum atomic E-state index is 6.02. The molecule has 0 amide bonds. The first-order valence-electron chi connectivity index (χ1n) is 6.58. The third-order valence-corrected chi connectivity index (χ3v) is 3.90. The summed E-state index contributed by atoms with van der Waals surface area (Å²) < 4.78 is 5.02. The SMILES string of the molecule is COCCNCC(C)(C)CCc1ccc(Cl)c(Cl)c1. The van der Waals surface area contributed by atoms with Gasteiger partial charge in [-0.15, -0.1) is 0 Å². The Hall–Kier alpha value is -0.280. The van der Waals surface area contributed by atoms with E-state index in [0.29, 0.717) is 10.0 Å². The minimum Gasteiger partial charge on any atom is -0.383 e. The van der Waals surface area contributed by atoms with Gasteiger partial charge in [-0.2, -0.15) is 0 Å². The highest BCUT2D eigenvalue weighted by molar-refractivity contribution is 6.42. The molecule has 0 saturated carbocycles. The van der Waals surface area contributed by atoms with Crippen molar-refractivity contribution in [1.82, 2.24) is 5.32 Å². The van der Waals surface area contributed by atoms with E-state index >= 15 is 0 Å². The highest BCUT2D eigenvalue weighted by Crippen LogP contribution is 2.26. The van der Waals surface area contributed by atoms with Crippen LogP contribution < -0.4 is 5.32 Å². The van der Waals surface area contributed by atoms with Crippen LogP contribution >= 0.6 is 23.2 Å². The molecule has 0 fully saturated rings. The largest absolute Gasteiger partial charge is 0.383 e. The van der Waals surface area contributed by atoms with Crippen LogP contribution in [0.15, 0.2) is 18.2 Å². The number of hydrogen-bond acceptors (Lipinski definition) is 2. The van der Waals surface area contributed by atoms with Crippen LogP contribution in [0.3, 0.4) is 0 Å². The molecule has 4 heteroatoms. The van der Waals surface area contributed by atoms with Gasteiger partial charge in [0.1, 0.15) is 0 Å². The zero-order valence-electron chi connectivity index (χ0n) is 11.9. The summed E-state index contributed by atoms with van der Waals surface area (Å²) in [5.74, 6) is 0. The maximum absolute atomic E-state index is 6.02. The van der Waals surface area contributed by atoms with E-state index in [1.165, 1.54) is 5.56 Å². The monoisotopic (exact) mass is 303 g/mol. The molecular weight excluding hydrogens is 281 g/mol. The average Bonchev–Trinajstić information content (AvgIpc) is 2.36. The van der Waals surface area contributed by atoms with Gasteiger partial charge in [-0.3, -0.25) is 0 Å². The Kier molecular flexibility index (Phi) is 7.16. The Morgan fingerprint density at radius 1 is 1.21 bits per heavy atom. The van der Waals surface area contributed by atoms with Gasteiger partial charge >= 0.3 is 0 Å². The third-order valence-electron chi connectivity index (χ3n) is 3.16. The second-order valence-corrected chi connectivity index (χ2v) is 6.40. The summed E-state index contributed by atoms with van der Waals surface area (Å²) in [7, 11) is 1.72. The number of halogens is 2. The Balaban J connectivity index is 2.39. The van der Waals surface area contributed by atoms with E-state index in [2.05, 4.69) is 19.2 Å². The molecule has 0 aliphatic heterocycles. The summed E-state index contributed by atoms with van der Waals surface area (Å²) in [4.78, 5) is 0. The quantitative estimate of drug-likeness (QED) is 0.727. The Labute approximate surface area is 126 Å². The summed E-state index contributed by atoms with van der Waals surface area (Å²) in [6.45, 7) is 7.17. The highest BCUT2D eigenvalue weighted by atomic mass is 35.5. The summed E-state index contributed by atoms with van der Waals surface area (Å²) in [6, 6.07) is 5.87. The van der Waals surface area contributed by atoms with Gasteiger partial charge in [-0.05, 0) is 36.0 Å². The second-order valence-electron chi connectivity index (χ2n) is 5.58. The first-order chi connectivity index (χ1) is 8.94. The van der Waals surface area contributed by atoms with E-state index in [-0.39, 0.29) is 5.41 Å². The molecule has 0 bridgehead atoms. The van der Waals surface area contributed by atoms with Crippen molar-refractivity contribution < 1.29 is 4.74 Å². The predicted molar refractivity (Wildman–Crippen MR) is 83.3 cm³/mol. The van der Waals surface area contributed by atoms with Crippen LogP contribution in [0.25, 0.3) is 0 Å². The lowest BCUT2D eigenvalue weighted by Gasteiger charge is -2.25. The van der Waals surface area contributed by atoms with E-state index < -0.39 is 0 Å². The molecule has 0 radical (unpaired) electrons. The molecule has 0 aromatic heterocycles. The van der Waals surface area contributed by atoms with Crippen LogP contribution in [0, 0.1) is 5.41 Å². The number of methoxy groups -OCH3 is 1. The molecule has 0 unspecified atom stereocenters. The van der Waals surface area contributed by atoms with Crippen molar-refractivity contribution in [3.8, 4) is 0 Å². The lowest BCUT2D eigenvalue weighted by Crippen LogP contribution is -2.31. The van der Waals surface area contributed by atoms with Gasteiger partial charge in [0.15, 0.2) is 0 Å². The summed E-state index contributed by atoms with van der Waals surface area (Å²) in [6.07, 6.45) is 2.11. The number of nitrogens with one attached hydrogen (secondary N) is 1. The lowest BCUT2D eigenvalue weighted by molar-refractivity contribution is 0.193. The van der Waals surface area contributed by atoms with Crippen LogP contribution in [0.1, 0.15) is 25.8 Å². The summed E-state index contributed by atoms with van der Waals surface area (Å²) >= 11 is 11.9. The van der Waals surface area contributed by atoms with Crippen molar-refractivity contribution >= 4 is 23.2 Å². The molecule has 0 heterocycles. The van der Waals surface area contributed by atoms with E-state index in [1.54, 1.807) is 7.11 Å². The van der Waals surface area contributed by atoms with Crippen molar-refractivity contribution in [2.45, 2.75) is 26.7 Å². The molecule has 0 spiro atoms. The molecule has 1 N–H and O–H groups in total. The Bertz CT molecular complexity index is 394. The molecule has 1 rings (SSSR count). The topological polar surface area (TPSA) is 21.3 Å². The van der Waals surface area contributed by atoms with Gasteiger partial charge in [0, 0.05) is 20.2 Å². The fraction of sp³-hybridized carbons (Fsp3) is 0.600. The smallest absolute Gasteiger partial charge is 0.0595 e.